The van der Waals surface area contributed by atoms with Crippen LogP contribution in [0.4, 0.5) is 0 Å². The van der Waals surface area contributed by atoms with Gasteiger partial charge in [-0.25, -0.2) is 0 Å². The molecule has 0 saturated carbocycles. The first kappa shape index (κ1) is 18.5. The highest BCUT2D eigenvalue weighted by Crippen LogP contribution is 2.21. The fraction of sp³-hybridized carbons (Fsp3) is 0.350. The van der Waals surface area contributed by atoms with E-state index in [1.807, 2.05) is 27.7 Å². The molecule has 0 spiro atoms. The second kappa shape index (κ2) is 7.82. The SMILES string of the molecule is CC(C)OCC(C)(C)Oc1ccc(C(=O)c2ccc(Cl)cc2)cc1. The van der Waals surface area contributed by atoms with E-state index in [-0.39, 0.29) is 11.9 Å². The van der Waals surface area contributed by atoms with E-state index in [1.54, 1.807) is 48.5 Å². The van der Waals surface area contributed by atoms with Crippen molar-refractivity contribution in [3.8, 4) is 5.75 Å². The summed E-state index contributed by atoms with van der Waals surface area (Å²) in [5.41, 5.74) is 0.783. The van der Waals surface area contributed by atoms with Crippen molar-refractivity contribution < 1.29 is 14.3 Å². The van der Waals surface area contributed by atoms with Gasteiger partial charge in [-0.2, -0.15) is 0 Å². The predicted octanol–water partition coefficient (Wildman–Crippen LogP) is 5.15. The zero-order valence-electron chi connectivity index (χ0n) is 14.5. The molecule has 0 atom stereocenters. The molecular formula is C20H23ClO3. The summed E-state index contributed by atoms with van der Waals surface area (Å²) in [5.74, 6) is 0.667. The van der Waals surface area contributed by atoms with Gasteiger partial charge >= 0.3 is 0 Å². The van der Waals surface area contributed by atoms with Crippen molar-refractivity contribution in [3.05, 3.63) is 64.7 Å². The molecule has 2 aromatic rings. The monoisotopic (exact) mass is 346 g/mol. The summed E-state index contributed by atoms with van der Waals surface area (Å²) >= 11 is 5.85. The fourth-order valence-electron chi connectivity index (χ4n) is 2.16. The van der Waals surface area contributed by atoms with Gasteiger partial charge in [0.1, 0.15) is 11.4 Å². The minimum Gasteiger partial charge on any atom is -0.485 e. The highest BCUT2D eigenvalue weighted by Gasteiger charge is 2.21. The number of hydrogen-bond donors (Lipinski definition) is 0. The van der Waals surface area contributed by atoms with E-state index >= 15 is 0 Å². The summed E-state index contributed by atoms with van der Waals surface area (Å²) in [7, 11) is 0. The molecular weight excluding hydrogens is 324 g/mol. The first-order chi connectivity index (χ1) is 11.3. The number of carbonyl (C=O) groups excluding carboxylic acids is 1. The van der Waals surface area contributed by atoms with Crippen LogP contribution in [0.25, 0.3) is 0 Å². The molecule has 0 fully saturated rings. The Bertz CT molecular complexity index is 673. The summed E-state index contributed by atoms with van der Waals surface area (Å²) in [6, 6.07) is 14.0. The van der Waals surface area contributed by atoms with Gasteiger partial charge in [0.15, 0.2) is 5.78 Å². The largest absolute Gasteiger partial charge is 0.485 e. The zero-order chi connectivity index (χ0) is 17.7. The molecule has 24 heavy (non-hydrogen) atoms. The van der Waals surface area contributed by atoms with E-state index in [9.17, 15) is 4.79 Å². The van der Waals surface area contributed by atoms with Crippen LogP contribution in [0.5, 0.6) is 5.75 Å². The molecule has 0 heterocycles. The average molecular weight is 347 g/mol. The van der Waals surface area contributed by atoms with Crippen molar-refractivity contribution in [2.75, 3.05) is 6.61 Å². The lowest BCUT2D eigenvalue weighted by Crippen LogP contribution is -2.35. The number of ether oxygens (including phenoxy) is 2. The van der Waals surface area contributed by atoms with Gasteiger partial charge in [-0.1, -0.05) is 11.6 Å². The molecule has 0 aliphatic heterocycles. The molecule has 3 nitrogen and oxygen atoms in total. The van der Waals surface area contributed by atoms with E-state index in [0.29, 0.717) is 28.5 Å². The topological polar surface area (TPSA) is 35.5 Å². The molecule has 0 unspecified atom stereocenters. The third-order valence-electron chi connectivity index (χ3n) is 3.38. The molecule has 0 saturated heterocycles. The number of hydrogen-bond acceptors (Lipinski definition) is 3. The first-order valence-electron chi connectivity index (χ1n) is 7.98. The van der Waals surface area contributed by atoms with Gasteiger partial charge in [0, 0.05) is 16.1 Å². The van der Waals surface area contributed by atoms with Gasteiger partial charge in [0.05, 0.1) is 12.7 Å². The van der Waals surface area contributed by atoms with Crippen LogP contribution in [-0.2, 0) is 4.74 Å². The Morgan fingerprint density at radius 3 is 2.00 bits per heavy atom. The number of rotatable bonds is 7. The van der Waals surface area contributed by atoms with Gasteiger partial charge in [-0.15, -0.1) is 0 Å². The molecule has 4 heteroatoms. The number of ketones is 1. The minimum absolute atomic E-state index is 0.0411. The van der Waals surface area contributed by atoms with E-state index in [0.717, 1.165) is 0 Å². The Morgan fingerprint density at radius 2 is 1.50 bits per heavy atom. The van der Waals surface area contributed by atoms with Crippen molar-refractivity contribution in [3.63, 3.8) is 0 Å². The highest BCUT2D eigenvalue weighted by atomic mass is 35.5. The molecule has 2 rings (SSSR count). The maximum atomic E-state index is 12.4. The molecule has 0 bridgehead atoms. The van der Waals surface area contributed by atoms with Gasteiger partial charge in [-0.3, -0.25) is 4.79 Å². The lowest BCUT2D eigenvalue weighted by Gasteiger charge is -2.27. The van der Waals surface area contributed by atoms with Crippen LogP contribution in [0.2, 0.25) is 5.02 Å². The zero-order valence-corrected chi connectivity index (χ0v) is 15.3. The Balaban J connectivity index is 2.04. The third kappa shape index (κ3) is 5.36. The van der Waals surface area contributed by atoms with Crippen LogP contribution >= 0.6 is 11.6 Å². The van der Waals surface area contributed by atoms with Gasteiger partial charge in [0.2, 0.25) is 0 Å². The summed E-state index contributed by atoms with van der Waals surface area (Å²) in [4.78, 5) is 12.4. The molecule has 0 amide bonds. The normalized spacial score (nSPS) is 11.6. The third-order valence-corrected chi connectivity index (χ3v) is 3.63. The van der Waals surface area contributed by atoms with Gasteiger partial charge in [0.25, 0.3) is 0 Å². The number of halogens is 1. The summed E-state index contributed by atoms with van der Waals surface area (Å²) in [6.07, 6.45) is 0.159. The second-order valence-corrected chi connectivity index (χ2v) is 7.02. The molecule has 0 N–H and O–H groups in total. The summed E-state index contributed by atoms with van der Waals surface area (Å²) in [6.45, 7) is 8.43. The maximum absolute atomic E-state index is 12.4. The van der Waals surface area contributed by atoms with Crippen LogP contribution in [0.1, 0.15) is 43.6 Å². The fourth-order valence-corrected chi connectivity index (χ4v) is 2.28. The van der Waals surface area contributed by atoms with Crippen molar-refractivity contribution in [2.24, 2.45) is 0 Å². The standard InChI is InChI=1S/C20H23ClO3/c1-14(2)23-13-20(3,4)24-18-11-7-16(8-12-18)19(22)15-5-9-17(21)10-6-15/h5-12,14H,13H2,1-4H3. The molecule has 2 aromatic carbocycles. The van der Waals surface area contributed by atoms with Crippen molar-refractivity contribution in [2.45, 2.75) is 39.4 Å². The smallest absolute Gasteiger partial charge is 0.193 e. The van der Waals surface area contributed by atoms with Crippen LogP contribution in [-0.4, -0.2) is 24.1 Å². The first-order valence-corrected chi connectivity index (χ1v) is 8.35. The van der Waals surface area contributed by atoms with Crippen LogP contribution in [0.3, 0.4) is 0 Å². The highest BCUT2D eigenvalue weighted by molar-refractivity contribution is 6.30. The number of benzene rings is 2. The summed E-state index contributed by atoms with van der Waals surface area (Å²) in [5, 5.41) is 0.612. The second-order valence-electron chi connectivity index (χ2n) is 6.58. The van der Waals surface area contributed by atoms with Crippen LogP contribution in [0, 0.1) is 0 Å². The predicted molar refractivity (Wildman–Crippen MR) is 97.1 cm³/mol. The molecule has 0 aliphatic carbocycles. The average Bonchev–Trinajstić information content (AvgIpc) is 2.53. The van der Waals surface area contributed by atoms with E-state index in [2.05, 4.69) is 0 Å². The van der Waals surface area contributed by atoms with Gasteiger partial charge in [-0.05, 0) is 76.2 Å². The van der Waals surface area contributed by atoms with Crippen LogP contribution < -0.4 is 4.74 Å². The Kier molecular flexibility index (Phi) is 6.03. The van der Waals surface area contributed by atoms with E-state index < -0.39 is 5.60 Å². The molecule has 0 aromatic heterocycles. The lowest BCUT2D eigenvalue weighted by molar-refractivity contribution is -0.0276. The Morgan fingerprint density at radius 1 is 1.00 bits per heavy atom. The van der Waals surface area contributed by atoms with Crippen LogP contribution in [0.15, 0.2) is 48.5 Å². The Hall–Kier alpha value is -1.84. The Labute approximate surface area is 148 Å². The van der Waals surface area contributed by atoms with E-state index in [4.69, 9.17) is 21.1 Å². The number of carbonyl (C=O) groups is 1. The molecule has 0 radical (unpaired) electrons. The minimum atomic E-state index is -0.439. The van der Waals surface area contributed by atoms with Crippen molar-refractivity contribution in [1.82, 2.24) is 0 Å². The van der Waals surface area contributed by atoms with Gasteiger partial charge < -0.3 is 9.47 Å². The van der Waals surface area contributed by atoms with Crippen molar-refractivity contribution >= 4 is 17.4 Å². The summed E-state index contributed by atoms with van der Waals surface area (Å²) < 4.78 is 11.6. The van der Waals surface area contributed by atoms with Crippen molar-refractivity contribution in [1.29, 1.82) is 0 Å². The maximum Gasteiger partial charge on any atom is 0.193 e. The molecule has 128 valence electrons. The lowest BCUT2D eigenvalue weighted by atomic mass is 10.0. The quantitative estimate of drug-likeness (QED) is 0.650. The van der Waals surface area contributed by atoms with E-state index in [1.165, 1.54) is 0 Å². The molecule has 0 aliphatic rings.